The monoisotopic (exact) mass is 812 g/mol. The van der Waals surface area contributed by atoms with Crippen molar-refractivity contribution in [3.8, 4) is 0 Å². The number of hydrogen-bond donors (Lipinski definition) is 2. The van der Waals surface area contributed by atoms with Crippen molar-refractivity contribution < 1.29 is 23.7 Å². The number of urea groups is 1. The van der Waals surface area contributed by atoms with Crippen LogP contribution >= 0.6 is 0 Å². The number of benzene rings is 2. The lowest BCUT2D eigenvalue weighted by Gasteiger charge is -2.46. The number of carbonyl (C=O) groups is 4. The normalized spacial score (nSPS) is 24.4. The summed E-state index contributed by atoms with van der Waals surface area (Å²) >= 11 is 0. The number of likely N-dealkylation sites (N-methyl/N-ethyl adjacent to an activating group) is 1. The molecule has 5 amide bonds. The zero-order valence-corrected chi connectivity index (χ0v) is 34.1. The highest BCUT2D eigenvalue weighted by Gasteiger charge is 2.38. The minimum atomic E-state index is -0.570. The van der Waals surface area contributed by atoms with E-state index >= 15 is 0 Å². The van der Waals surface area contributed by atoms with E-state index in [0.717, 1.165) is 99.8 Å². The van der Waals surface area contributed by atoms with E-state index in [0.29, 0.717) is 60.8 Å². The summed E-state index contributed by atoms with van der Waals surface area (Å²) in [4.78, 5) is 67.5. The Balaban J connectivity index is 0.731. The van der Waals surface area contributed by atoms with Gasteiger partial charge in [-0.1, -0.05) is 29.4 Å². The number of aromatic nitrogens is 4. The van der Waals surface area contributed by atoms with Crippen LogP contribution in [0.4, 0.5) is 10.6 Å². The van der Waals surface area contributed by atoms with Gasteiger partial charge in [-0.15, -0.1) is 0 Å². The van der Waals surface area contributed by atoms with Crippen LogP contribution in [0.5, 0.6) is 0 Å². The number of likely N-dealkylation sites (tertiary alicyclic amines) is 1. The van der Waals surface area contributed by atoms with Crippen LogP contribution in [0.25, 0.3) is 21.9 Å². The maximum absolute atomic E-state index is 12.7. The number of amides is 5. The first-order valence-electron chi connectivity index (χ1n) is 21.7. The highest BCUT2D eigenvalue weighted by molar-refractivity contribution is 6.09. The first kappa shape index (κ1) is 38.4. The Morgan fingerprint density at radius 3 is 2.47 bits per heavy atom. The van der Waals surface area contributed by atoms with Gasteiger partial charge in [0.15, 0.2) is 5.58 Å². The Hall–Kier alpha value is -5.83. The molecule has 3 aromatic heterocycles. The average molecular weight is 813 g/mol. The summed E-state index contributed by atoms with van der Waals surface area (Å²) in [5.74, 6) is -0.352. The molecule has 2 aromatic carbocycles. The highest BCUT2D eigenvalue weighted by Crippen LogP contribution is 2.43. The molecular formula is C45H52N10O5. The summed E-state index contributed by atoms with van der Waals surface area (Å²) in [5, 5.41) is 8.67. The molecule has 4 aliphatic heterocycles. The molecule has 5 aliphatic rings. The van der Waals surface area contributed by atoms with Gasteiger partial charge in [0.2, 0.25) is 11.8 Å². The van der Waals surface area contributed by atoms with Crippen LogP contribution in [0.2, 0.25) is 0 Å². The third kappa shape index (κ3) is 7.05. The van der Waals surface area contributed by atoms with Crippen molar-refractivity contribution in [2.45, 2.75) is 94.2 Å². The molecule has 0 radical (unpaired) electrons. The molecule has 7 heterocycles. The predicted molar refractivity (Wildman–Crippen MR) is 225 cm³/mol. The van der Waals surface area contributed by atoms with E-state index in [1.807, 2.05) is 18.0 Å². The average Bonchev–Trinajstić information content (AvgIpc) is 3.96. The number of nitrogens with two attached hydrogens (primary N) is 1. The number of imide groups is 1. The van der Waals surface area contributed by atoms with Crippen molar-refractivity contribution in [1.82, 2.24) is 39.7 Å². The number of hydrogen-bond acceptors (Lipinski definition) is 10. The molecule has 5 aromatic rings. The lowest BCUT2D eigenvalue weighted by atomic mass is 9.82. The van der Waals surface area contributed by atoms with E-state index in [1.54, 1.807) is 11.1 Å². The van der Waals surface area contributed by atoms with E-state index in [2.05, 4.69) is 72.4 Å². The fraction of sp³-hybridized carbons (Fsp3) is 0.489. The highest BCUT2D eigenvalue weighted by atomic mass is 16.5. The minimum absolute atomic E-state index is 0.0855. The van der Waals surface area contributed by atoms with Crippen molar-refractivity contribution in [3.63, 3.8) is 0 Å². The summed E-state index contributed by atoms with van der Waals surface area (Å²) in [6.45, 7) is 5.19. The minimum Gasteiger partial charge on any atom is -0.364 e. The van der Waals surface area contributed by atoms with Crippen LogP contribution < -0.4 is 16.0 Å². The van der Waals surface area contributed by atoms with E-state index in [9.17, 15) is 19.2 Å². The number of carbonyl (C=O) groups excluding carboxylic acids is 4. The zero-order valence-electron chi connectivity index (χ0n) is 34.1. The first-order chi connectivity index (χ1) is 29.2. The molecule has 312 valence electrons. The van der Waals surface area contributed by atoms with Gasteiger partial charge < -0.3 is 34.4 Å². The van der Waals surface area contributed by atoms with E-state index in [1.165, 1.54) is 11.1 Å². The molecular weight excluding hydrogens is 761 g/mol. The molecule has 15 nitrogen and oxygen atoms in total. The van der Waals surface area contributed by atoms with Crippen molar-refractivity contribution in [2.75, 3.05) is 51.2 Å². The smallest absolute Gasteiger partial charge is 0.320 e. The number of rotatable bonds is 10. The van der Waals surface area contributed by atoms with Crippen LogP contribution in [0.15, 0.2) is 59.4 Å². The van der Waals surface area contributed by atoms with Gasteiger partial charge in [-0.3, -0.25) is 19.7 Å². The maximum Gasteiger partial charge on any atom is 0.320 e. The Morgan fingerprint density at radius 2 is 1.72 bits per heavy atom. The summed E-state index contributed by atoms with van der Waals surface area (Å²) in [5.41, 5.74) is 11.6. The Bertz CT molecular complexity index is 2460. The molecule has 0 bridgehead atoms. The number of anilines is 1. The molecule has 1 unspecified atom stereocenters. The van der Waals surface area contributed by atoms with Gasteiger partial charge in [-0.2, -0.15) is 0 Å². The Kier molecular flexibility index (Phi) is 10.0. The number of nitrogens with one attached hydrogen (secondary N) is 1. The van der Waals surface area contributed by atoms with Gasteiger partial charge in [0.25, 0.3) is 5.91 Å². The third-order valence-corrected chi connectivity index (χ3v) is 14.0. The van der Waals surface area contributed by atoms with Crippen LogP contribution in [-0.4, -0.2) is 117 Å². The van der Waals surface area contributed by atoms with E-state index in [4.69, 9.17) is 15.2 Å². The molecule has 4 saturated heterocycles. The van der Waals surface area contributed by atoms with Gasteiger partial charge in [-0.05, 0) is 106 Å². The summed E-state index contributed by atoms with van der Waals surface area (Å²) in [6.07, 6.45) is 12.2. The van der Waals surface area contributed by atoms with Crippen LogP contribution in [0, 0.1) is 0 Å². The second kappa shape index (κ2) is 15.6. The topological polar surface area (TPSA) is 176 Å². The molecule has 60 heavy (non-hydrogen) atoms. The van der Waals surface area contributed by atoms with Crippen LogP contribution in [0.1, 0.15) is 102 Å². The second-order valence-corrected chi connectivity index (χ2v) is 17.5. The van der Waals surface area contributed by atoms with Gasteiger partial charge in [-0.25, -0.2) is 14.8 Å². The van der Waals surface area contributed by atoms with Crippen molar-refractivity contribution >= 4 is 51.4 Å². The number of nitrogens with zero attached hydrogens (tertiary/aromatic N) is 8. The lowest BCUT2D eigenvalue weighted by molar-refractivity contribution is -0.134. The van der Waals surface area contributed by atoms with Crippen molar-refractivity contribution in [3.05, 3.63) is 83.1 Å². The van der Waals surface area contributed by atoms with Gasteiger partial charge in [0.1, 0.15) is 17.2 Å². The summed E-state index contributed by atoms with van der Waals surface area (Å²) < 4.78 is 8.03. The molecule has 10 rings (SSSR count). The van der Waals surface area contributed by atoms with E-state index < -0.39 is 11.8 Å². The van der Waals surface area contributed by atoms with Gasteiger partial charge >= 0.3 is 6.03 Å². The fourth-order valence-corrected chi connectivity index (χ4v) is 10.5. The molecule has 1 aliphatic carbocycles. The summed E-state index contributed by atoms with van der Waals surface area (Å²) in [7, 11) is 1.85. The molecule has 0 spiro atoms. The fourth-order valence-electron chi connectivity index (χ4n) is 10.5. The van der Waals surface area contributed by atoms with E-state index in [-0.39, 0.29) is 29.6 Å². The van der Waals surface area contributed by atoms with Crippen molar-refractivity contribution in [2.24, 2.45) is 5.73 Å². The first-order valence-corrected chi connectivity index (χ1v) is 21.7. The number of piperidine rings is 3. The third-order valence-electron chi connectivity index (χ3n) is 14.0. The Morgan fingerprint density at radius 1 is 0.900 bits per heavy atom. The molecule has 2 atom stereocenters. The number of fused-ring (bicyclic) bond motifs is 3. The lowest BCUT2D eigenvalue weighted by Crippen LogP contribution is -2.49. The molecule has 15 heteroatoms. The van der Waals surface area contributed by atoms with Gasteiger partial charge in [0, 0.05) is 68.8 Å². The maximum atomic E-state index is 12.7. The number of aryl methyl sites for hydroxylation is 2. The molecule has 1 saturated carbocycles. The zero-order chi connectivity index (χ0) is 41.1. The summed E-state index contributed by atoms with van der Waals surface area (Å²) in [6, 6.07) is 16.3. The van der Waals surface area contributed by atoms with Gasteiger partial charge in [0.05, 0.1) is 29.2 Å². The number of primary amides is 1. The predicted octanol–water partition coefficient (Wildman–Crippen LogP) is 4.90. The Labute approximate surface area is 348 Å². The quantitative estimate of drug-likeness (QED) is 0.185. The van der Waals surface area contributed by atoms with Crippen LogP contribution in [0.3, 0.4) is 0 Å². The standard InChI is InChI=1S/C45H52N10O5/c1-51-21-22-55(45(51)59)30-3-2-17-53(26-30)38-25-47-42(43(46)57)35(48-38)10-6-27-4-7-28(8-5-27)29-14-18-52(19-15-29)31-23-32(24-31)54-20-16-33-36(54)11-12-37-40(33)41(50-60-37)34-9-13-39(56)49-44(34)58/h4-5,7-8,11-12,16,20,25,29-32,34H,2-3,6,9-10,13-15,17-19,21-24,26H2,1H3,(H2,46,57)(H,49,56,58)/t30-,31?,32?,34?/m1/s1. The largest absolute Gasteiger partial charge is 0.364 e. The molecule has 5 fully saturated rings. The van der Waals surface area contributed by atoms with Crippen molar-refractivity contribution in [1.29, 1.82) is 0 Å². The van der Waals surface area contributed by atoms with Crippen LogP contribution in [-0.2, 0) is 22.4 Å². The second-order valence-electron chi connectivity index (χ2n) is 17.5. The SMILES string of the molecule is CN1CCN([C@@H]2CCCN(c3cnc(C(N)=O)c(CCc4ccc(C5CCN(C6CC(n7ccc8c9c(C%10CCC(=O)NC%10=O)noc9ccc87)C6)CC5)cc4)n3)C2)C1=O. The molecule has 3 N–H and O–H groups in total.